The third kappa shape index (κ3) is 5.40. The first-order chi connectivity index (χ1) is 8.02. The molecule has 0 radical (unpaired) electrons. The Bertz CT molecular complexity index is 288. The third-order valence-electron chi connectivity index (χ3n) is 2.44. The zero-order chi connectivity index (χ0) is 14.0. The lowest BCUT2D eigenvalue weighted by atomic mass is 10.2. The first-order valence-electron chi connectivity index (χ1n) is 6.61. The second-order valence-corrected chi connectivity index (χ2v) is 8.97. The molecule has 4 nitrogen and oxygen atoms in total. The molecule has 0 aromatic rings. The minimum Gasteiger partial charge on any atom is -0.381 e. The summed E-state index contributed by atoms with van der Waals surface area (Å²) >= 11 is 0. The van der Waals surface area contributed by atoms with Crippen LogP contribution in [-0.4, -0.2) is 30.1 Å². The normalized spacial score (nSPS) is 20.1. The average molecular weight is 278 g/mol. The Morgan fingerprint density at radius 3 is 1.67 bits per heavy atom. The summed E-state index contributed by atoms with van der Waals surface area (Å²) in [6.07, 6.45) is 1.48. The molecule has 5 heteroatoms. The number of ether oxygens (including phenoxy) is 1. The van der Waals surface area contributed by atoms with Crippen molar-refractivity contribution in [3.05, 3.63) is 0 Å². The summed E-state index contributed by atoms with van der Waals surface area (Å²) in [5.41, 5.74) is -0.997. The maximum atomic E-state index is 13.1. The summed E-state index contributed by atoms with van der Waals surface area (Å²) in [6, 6.07) is 0. The van der Waals surface area contributed by atoms with Crippen LogP contribution in [0.1, 0.15) is 54.4 Å². The fourth-order valence-corrected chi connectivity index (χ4v) is 4.64. The highest BCUT2D eigenvalue weighted by Crippen LogP contribution is 2.60. The molecule has 1 rings (SSSR count). The second-order valence-electron chi connectivity index (χ2n) is 6.79. The highest BCUT2D eigenvalue weighted by molar-refractivity contribution is 7.54. The molecule has 1 aliphatic heterocycles. The largest absolute Gasteiger partial charge is 0.381 e. The van der Waals surface area contributed by atoms with Gasteiger partial charge in [0.1, 0.15) is 0 Å². The molecule has 108 valence electrons. The quantitative estimate of drug-likeness (QED) is 0.732. The Kier molecular flexibility index (Phi) is 5.05. The molecule has 1 saturated heterocycles. The van der Waals surface area contributed by atoms with Crippen molar-refractivity contribution in [3.63, 3.8) is 0 Å². The molecule has 0 spiro atoms. The predicted octanol–water partition coefficient (Wildman–Crippen LogP) is 3.99. The van der Waals surface area contributed by atoms with Gasteiger partial charge in [-0.1, -0.05) is 0 Å². The summed E-state index contributed by atoms with van der Waals surface area (Å²) < 4.78 is 30.1. The smallest absolute Gasteiger partial charge is 0.334 e. The van der Waals surface area contributed by atoms with Crippen molar-refractivity contribution in [1.82, 2.24) is 0 Å². The first kappa shape index (κ1) is 16.2. The Balaban J connectivity index is 2.89. The van der Waals surface area contributed by atoms with Gasteiger partial charge >= 0.3 is 7.60 Å². The molecule has 1 heterocycles. The molecule has 0 amide bonds. The van der Waals surface area contributed by atoms with Crippen LogP contribution < -0.4 is 0 Å². The second kappa shape index (κ2) is 5.62. The van der Waals surface area contributed by atoms with Crippen LogP contribution in [0.3, 0.4) is 0 Å². The monoisotopic (exact) mass is 278 g/mol. The number of hydrogen-bond donors (Lipinski definition) is 0. The van der Waals surface area contributed by atoms with E-state index in [4.69, 9.17) is 13.8 Å². The van der Waals surface area contributed by atoms with Crippen molar-refractivity contribution < 1.29 is 18.3 Å². The van der Waals surface area contributed by atoms with Crippen LogP contribution in [0.25, 0.3) is 0 Å². The molecule has 0 unspecified atom stereocenters. The summed E-state index contributed by atoms with van der Waals surface area (Å²) in [5, 5.41) is 0. The fourth-order valence-electron chi connectivity index (χ4n) is 1.93. The summed E-state index contributed by atoms with van der Waals surface area (Å²) in [6.45, 7) is 12.7. The van der Waals surface area contributed by atoms with E-state index in [-0.39, 0.29) is 5.66 Å². The van der Waals surface area contributed by atoms with Crippen LogP contribution in [0.15, 0.2) is 0 Å². The van der Waals surface area contributed by atoms with E-state index in [0.29, 0.717) is 13.2 Å². The van der Waals surface area contributed by atoms with Crippen LogP contribution >= 0.6 is 7.60 Å². The maximum Gasteiger partial charge on any atom is 0.334 e. The zero-order valence-electron chi connectivity index (χ0n) is 12.5. The molecule has 0 aliphatic carbocycles. The fraction of sp³-hybridized carbons (Fsp3) is 1.00. The number of rotatable bonds is 3. The van der Waals surface area contributed by atoms with Gasteiger partial charge in [-0.25, -0.2) is 0 Å². The van der Waals surface area contributed by atoms with Crippen LogP contribution in [0.5, 0.6) is 0 Å². The number of hydrogen-bond acceptors (Lipinski definition) is 4. The molecule has 0 aromatic carbocycles. The molecule has 1 aliphatic rings. The van der Waals surface area contributed by atoms with Crippen LogP contribution in [0.4, 0.5) is 0 Å². The minimum atomic E-state index is -3.12. The van der Waals surface area contributed by atoms with Gasteiger partial charge in [-0.2, -0.15) is 0 Å². The van der Waals surface area contributed by atoms with E-state index in [9.17, 15) is 4.57 Å². The minimum absolute atomic E-state index is 0.0512. The molecule has 18 heavy (non-hydrogen) atoms. The maximum absolute atomic E-state index is 13.1. The van der Waals surface area contributed by atoms with Crippen molar-refractivity contribution in [2.24, 2.45) is 0 Å². The Morgan fingerprint density at radius 1 is 0.944 bits per heavy atom. The lowest BCUT2D eigenvalue weighted by Crippen LogP contribution is -2.31. The van der Waals surface area contributed by atoms with Crippen molar-refractivity contribution >= 4 is 7.60 Å². The van der Waals surface area contributed by atoms with Gasteiger partial charge in [-0.15, -0.1) is 0 Å². The van der Waals surface area contributed by atoms with E-state index in [1.54, 1.807) is 0 Å². The van der Waals surface area contributed by atoms with Gasteiger partial charge in [-0.3, -0.25) is 4.57 Å². The molecule has 1 fully saturated rings. The SMILES string of the molecule is CC(C)(C)OP(=O)(OC(C)(C)C)C1CCOCC1. The summed E-state index contributed by atoms with van der Waals surface area (Å²) in [5.74, 6) is 0. The lowest BCUT2D eigenvalue weighted by molar-refractivity contribution is 0.0323. The molecule has 0 aromatic heterocycles. The van der Waals surface area contributed by atoms with Crippen molar-refractivity contribution in [2.75, 3.05) is 13.2 Å². The van der Waals surface area contributed by atoms with E-state index in [1.807, 2.05) is 41.5 Å². The zero-order valence-corrected chi connectivity index (χ0v) is 13.4. The van der Waals surface area contributed by atoms with Crippen molar-refractivity contribution in [2.45, 2.75) is 71.2 Å². The van der Waals surface area contributed by atoms with Crippen molar-refractivity contribution in [1.29, 1.82) is 0 Å². The van der Waals surface area contributed by atoms with Crippen molar-refractivity contribution in [3.8, 4) is 0 Å². The van der Waals surface area contributed by atoms with Gasteiger partial charge in [0.05, 0.1) is 16.9 Å². The van der Waals surface area contributed by atoms with Gasteiger partial charge in [0.25, 0.3) is 0 Å². The lowest BCUT2D eigenvalue weighted by Gasteiger charge is -2.37. The summed E-state index contributed by atoms with van der Waals surface area (Å²) in [4.78, 5) is 0. The van der Waals surface area contributed by atoms with Crippen LogP contribution in [0, 0.1) is 0 Å². The Hall–Kier alpha value is 0.110. The third-order valence-corrected chi connectivity index (χ3v) is 5.46. The van der Waals surface area contributed by atoms with E-state index >= 15 is 0 Å². The molecular weight excluding hydrogens is 251 g/mol. The Labute approximate surface area is 111 Å². The molecule has 0 saturated carbocycles. The van der Waals surface area contributed by atoms with E-state index in [1.165, 1.54) is 0 Å². The molecule has 0 atom stereocenters. The topological polar surface area (TPSA) is 44.8 Å². The van der Waals surface area contributed by atoms with Gasteiger partial charge < -0.3 is 13.8 Å². The standard InChI is InChI=1S/C13H27O4P/c1-12(2,3)16-18(14,17-13(4,5)6)11-7-9-15-10-8-11/h11H,7-10H2,1-6H3. The average Bonchev–Trinajstić information content (AvgIpc) is 2.13. The molecular formula is C13H27O4P. The molecule has 0 N–H and O–H groups in total. The van der Waals surface area contributed by atoms with Gasteiger partial charge in [0.15, 0.2) is 0 Å². The van der Waals surface area contributed by atoms with E-state index in [2.05, 4.69) is 0 Å². The highest BCUT2D eigenvalue weighted by Gasteiger charge is 2.42. The Morgan fingerprint density at radius 2 is 1.33 bits per heavy atom. The summed E-state index contributed by atoms with van der Waals surface area (Å²) in [7, 11) is -3.12. The van der Waals surface area contributed by atoms with E-state index in [0.717, 1.165) is 12.8 Å². The van der Waals surface area contributed by atoms with E-state index < -0.39 is 18.8 Å². The van der Waals surface area contributed by atoms with Crippen LogP contribution in [-0.2, 0) is 18.3 Å². The molecule has 0 bridgehead atoms. The van der Waals surface area contributed by atoms with Crippen LogP contribution in [0.2, 0.25) is 0 Å². The van der Waals surface area contributed by atoms with Gasteiger partial charge in [-0.05, 0) is 54.4 Å². The highest BCUT2D eigenvalue weighted by atomic mass is 31.2. The van der Waals surface area contributed by atoms with Gasteiger partial charge in [0, 0.05) is 13.2 Å². The predicted molar refractivity (Wildman–Crippen MR) is 73.1 cm³/mol. The first-order valence-corrected chi connectivity index (χ1v) is 8.22. The van der Waals surface area contributed by atoms with Gasteiger partial charge in [0.2, 0.25) is 0 Å².